The molecule has 0 saturated heterocycles. The van der Waals surface area contributed by atoms with Crippen molar-refractivity contribution >= 4 is 23.5 Å². The Morgan fingerprint density at radius 1 is 1.13 bits per heavy atom. The van der Waals surface area contributed by atoms with E-state index in [-0.39, 0.29) is 11.5 Å². The topological polar surface area (TPSA) is 87.8 Å². The van der Waals surface area contributed by atoms with Crippen molar-refractivity contribution in [2.24, 2.45) is 22.1 Å². The van der Waals surface area contributed by atoms with Crippen molar-refractivity contribution in [3.63, 3.8) is 0 Å². The van der Waals surface area contributed by atoms with Gasteiger partial charge >= 0.3 is 12.4 Å². The van der Waals surface area contributed by atoms with Gasteiger partial charge in [0.25, 0.3) is 0 Å². The number of hydrogen-bond acceptors (Lipinski definition) is 4. The molecule has 0 fully saturated rings. The van der Waals surface area contributed by atoms with E-state index >= 15 is 0 Å². The number of nitrogens with two attached hydrogens (primary N) is 1. The average Bonchev–Trinajstić information content (AvgIpc) is 2.57. The summed E-state index contributed by atoms with van der Waals surface area (Å²) in [7, 11) is 1.34. The van der Waals surface area contributed by atoms with Crippen LogP contribution in [0.1, 0.15) is 26.3 Å². The lowest BCUT2D eigenvalue weighted by atomic mass is 9.67. The standard InChI is InChI=1S/C18H19F7N4O2/c1-15(2)13(31)29(4)14(26)28-16(15,3)9-7-8(5-6-10(9)19)27-12(30)11(17(20,21)22)18(23,24)25/h5-7,11H,1-4H3,(H2,26,28)(H,27,30). The first-order valence-corrected chi connectivity index (χ1v) is 8.72. The molecule has 31 heavy (non-hydrogen) atoms. The summed E-state index contributed by atoms with van der Waals surface area (Å²) in [5, 5.41) is 1.52. The Morgan fingerprint density at radius 3 is 2.13 bits per heavy atom. The van der Waals surface area contributed by atoms with Crippen molar-refractivity contribution in [3.05, 3.63) is 29.6 Å². The minimum absolute atomic E-state index is 0.269. The molecule has 1 aromatic rings. The van der Waals surface area contributed by atoms with Crippen LogP contribution in [-0.4, -0.2) is 42.1 Å². The van der Waals surface area contributed by atoms with Gasteiger partial charge in [0.15, 0.2) is 5.96 Å². The van der Waals surface area contributed by atoms with E-state index in [9.17, 15) is 40.3 Å². The normalized spacial score (nSPS) is 21.9. The van der Waals surface area contributed by atoms with Gasteiger partial charge in [0.1, 0.15) is 11.4 Å². The quantitative estimate of drug-likeness (QED) is 0.683. The van der Waals surface area contributed by atoms with E-state index in [1.807, 2.05) is 0 Å². The molecule has 0 bridgehead atoms. The number of carbonyl (C=O) groups excluding carboxylic acids is 2. The highest BCUT2D eigenvalue weighted by atomic mass is 19.4. The molecule has 2 rings (SSSR count). The van der Waals surface area contributed by atoms with Crippen LogP contribution in [0.3, 0.4) is 0 Å². The van der Waals surface area contributed by atoms with Crippen molar-refractivity contribution in [2.75, 3.05) is 12.4 Å². The van der Waals surface area contributed by atoms with Gasteiger partial charge in [-0.2, -0.15) is 26.3 Å². The molecule has 1 aromatic carbocycles. The van der Waals surface area contributed by atoms with Gasteiger partial charge < -0.3 is 11.1 Å². The van der Waals surface area contributed by atoms with Gasteiger partial charge in [-0.25, -0.2) is 9.38 Å². The number of amides is 2. The third kappa shape index (κ3) is 4.17. The number of carbonyl (C=O) groups is 2. The first kappa shape index (κ1) is 24.4. The van der Waals surface area contributed by atoms with E-state index in [1.54, 1.807) is 0 Å². The van der Waals surface area contributed by atoms with Crippen LogP contribution < -0.4 is 11.1 Å². The van der Waals surface area contributed by atoms with Crippen LogP contribution in [-0.2, 0) is 15.1 Å². The monoisotopic (exact) mass is 456 g/mol. The molecular weight excluding hydrogens is 437 g/mol. The van der Waals surface area contributed by atoms with Gasteiger partial charge in [-0.3, -0.25) is 14.5 Å². The van der Waals surface area contributed by atoms with E-state index < -0.39 is 52.5 Å². The first-order chi connectivity index (χ1) is 13.8. The summed E-state index contributed by atoms with van der Waals surface area (Å²) < 4.78 is 91.3. The van der Waals surface area contributed by atoms with Crippen molar-refractivity contribution in [2.45, 2.75) is 38.7 Å². The fraction of sp³-hybridized carbons (Fsp3) is 0.500. The Balaban J connectivity index is 2.54. The minimum atomic E-state index is -5.89. The average molecular weight is 456 g/mol. The summed E-state index contributed by atoms with van der Waals surface area (Å²) in [5.41, 5.74) is 1.73. The maximum absolute atomic E-state index is 14.7. The molecular formula is C18H19F7N4O2. The summed E-state index contributed by atoms with van der Waals surface area (Å²) >= 11 is 0. The molecule has 3 N–H and O–H groups in total. The van der Waals surface area contributed by atoms with Crippen LogP contribution in [0, 0.1) is 17.2 Å². The SMILES string of the molecule is CN1C(=O)C(C)(C)C(C)(c2cc(NC(=O)C(C(F)(F)F)C(F)(F)F)ccc2F)N=C1N. The Morgan fingerprint density at radius 2 is 1.65 bits per heavy atom. The molecule has 0 saturated carbocycles. The maximum atomic E-state index is 14.7. The number of halogens is 7. The summed E-state index contributed by atoms with van der Waals surface area (Å²) in [6.45, 7) is 4.19. The summed E-state index contributed by atoms with van der Waals surface area (Å²) in [6, 6.07) is 2.35. The zero-order valence-electron chi connectivity index (χ0n) is 16.7. The van der Waals surface area contributed by atoms with Crippen LogP contribution in [0.15, 0.2) is 23.2 Å². The highest BCUT2D eigenvalue weighted by molar-refractivity contribution is 6.01. The van der Waals surface area contributed by atoms with Crippen LogP contribution in [0.5, 0.6) is 0 Å². The fourth-order valence-corrected chi connectivity index (χ4v) is 3.25. The number of aliphatic imine (C=N–C) groups is 1. The number of rotatable bonds is 3. The molecule has 1 atom stereocenters. The summed E-state index contributed by atoms with van der Waals surface area (Å²) in [6.07, 6.45) is -11.8. The molecule has 0 aliphatic carbocycles. The lowest BCUT2D eigenvalue weighted by molar-refractivity contribution is -0.272. The predicted molar refractivity (Wildman–Crippen MR) is 96.2 cm³/mol. The Kier molecular flexibility index (Phi) is 5.81. The molecule has 0 radical (unpaired) electrons. The van der Waals surface area contributed by atoms with E-state index in [2.05, 4.69) is 4.99 Å². The van der Waals surface area contributed by atoms with Crippen molar-refractivity contribution in [3.8, 4) is 0 Å². The number of hydrogen-bond donors (Lipinski definition) is 2. The number of nitrogens with one attached hydrogen (secondary N) is 1. The molecule has 2 amide bonds. The van der Waals surface area contributed by atoms with Crippen LogP contribution in [0.4, 0.5) is 36.4 Å². The molecule has 6 nitrogen and oxygen atoms in total. The lowest BCUT2D eigenvalue weighted by Gasteiger charge is -2.46. The van der Waals surface area contributed by atoms with Crippen LogP contribution in [0.2, 0.25) is 0 Å². The summed E-state index contributed by atoms with van der Waals surface area (Å²) in [5.74, 6) is -8.44. The molecule has 172 valence electrons. The van der Waals surface area contributed by atoms with Gasteiger partial charge in [0, 0.05) is 18.3 Å². The van der Waals surface area contributed by atoms with Gasteiger partial charge in [-0.05, 0) is 39.0 Å². The van der Waals surface area contributed by atoms with Crippen molar-refractivity contribution < 1.29 is 40.3 Å². The zero-order chi connectivity index (χ0) is 24.2. The number of alkyl halides is 6. The maximum Gasteiger partial charge on any atom is 0.409 e. The minimum Gasteiger partial charge on any atom is -0.369 e. The number of benzene rings is 1. The fourth-order valence-electron chi connectivity index (χ4n) is 3.25. The van der Waals surface area contributed by atoms with Gasteiger partial charge in [0.2, 0.25) is 17.7 Å². The van der Waals surface area contributed by atoms with Crippen molar-refractivity contribution in [1.82, 2.24) is 4.90 Å². The smallest absolute Gasteiger partial charge is 0.369 e. The first-order valence-electron chi connectivity index (χ1n) is 8.72. The second kappa shape index (κ2) is 7.38. The van der Waals surface area contributed by atoms with E-state index in [1.165, 1.54) is 33.1 Å². The third-order valence-corrected chi connectivity index (χ3v) is 5.41. The third-order valence-electron chi connectivity index (χ3n) is 5.41. The Labute approximate surface area is 172 Å². The van der Waals surface area contributed by atoms with Crippen LogP contribution >= 0.6 is 0 Å². The predicted octanol–water partition coefficient (Wildman–Crippen LogP) is 3.53. The summed E-state index contributed by atoms with van der Waals surface area (Å²) in [4.78, 5) is 29.6. The van der Waals surface area contributed by atoms with Gasteiger partial charge in [0.05, 0.1) is 5.41 Å². The highest BCUT2D eigenvalue weighted by Gasteiger charge is 2.61. The second-order valence-electron chi connectivity index (χ2n) is 7.73. The largest absolute Gasteiger partial charge is 0.409 e. The van der Waals surface area contributed by atoms with E-state index in [0.717, 1.165) is 23.1 Å². The molecule has 1 aliphatic rings. The second-order valence-corrected chi connectivity index (χ2v) is 7.73. The lowest BCUT2D eigenvalue weighted by Crippen LogP contribution is -2.58. The number of nitrogens with zero attached hydrogens (tertiary/aromatic N) is 2. The van der Waals surface area contributed by atoms with Gasteiger partial charge in [-0.1, -0.05) is 0 Å². The Hall–Kier alpha value is -2.86. The molecule has 1 unspecified atom stereocenters. The van der Waals surface area contributed by atoms with Crippen molar-refractivity contribution in [1.29, 1.82) is 0 Å². The highest BCUT2D eigenvalue weighted by Crippen LogP contribution is 2.48. The number of anilines is 1. The number of guanidine groups is 1. The van der Waals surface area contributed by atoms with Crippen LogP contribution in [0.25, 0.3) is 0 Å². The van der Waals surface area contributed by atoms with E-state index in [0.29, 0.717) is 0 Å². The molecule has 0 spiro atoms. The molecule has 1 heterocycles. The van der Waals surface area contributed by atoms with Gasteiger partial charge in [-0.15, -0.1) is 0 Å². The molecule has 1 aliphatic heterocycles. The Bertz CT molecular complexity index is 926. The van der Waals surface area contributed by atoms with E-state index in [4.69, 9.17) is 5.73 Å². The molecule has 0 aromatic heterocycles. The molecule has 13 heteroatoms. The zero-order valence-corrected chi connectivity index (χ0v) is 16.7.